The van der Waals surface area contributed by atoms with E-state index < -0.39 is 0 Å². The number of rotatable bonds is 7. The Morgan fingerprint density at radius 3 is 2.50 bits per heavy atom. The first kappa shape index (κ1) is 15.6. The molecular weight excluding hydrogens is 292 g/mol. The van der Waals surface area contributed by atoms with Gasteiger partial charge in [-0.2, -0.15) is 0 Å². The average Bonchev–Trinajstić information content (AvgIpc) is 2.32. The van der Waals surface area contributed by atoms with E-state index in [1.54, 1.807) is 0 Å². The summed E-state index contributed by atoms with van der Waals surface area (Å²) in [5, 5.41) is 9.22. The van der Waals surface area contributed by atoms with Gasteiger partial charge >= 0.3 is 0 Å². The Balaban J connectivity index is 3.03. The summed E-state index contributed by atoms with van der Waals surface area (Å²) in [5.74, 6) is 0. The van der Waals surface area contributed by atoms with E-state index >= 15 is 0 Å². The molecule has 0 heterocycles. The van der Waals surface area contributed by atoms with Crippen molar-refractivity contribution in [1.82, 2.24) is 4.90 Å². The second-order valence-electron chi connectivity index (χ2n) is 4.59. The van der Waals surface area contributed by atoms with Gasteiger partial charge in [-0.15, -0.1) is 0 Å². The largest absolute Gasteiger partial charge is 0.395 e. The maximum Gasteiger partial charge on any atom is 0.0558 e. The molecule has 0 spiro atoms. The van der Waals surface area contributed by atoms with Crippen LogP contribution in [-0.4, -0.2) is 35.7 Å². The molecule has 0 amide bonds. The zero-order chi connectivity index (χ0) is 13.5. The summed E-state index contributed by atoms with van der Waals surface area (Å²) in [6.45, 7) is 5.91. The van der Waals surface area contributed by atoms with E-state index in [9.17, 15) is 5.11 Å². The third-order valence-corrected chi connectivity index (χ3v) is 3.74. The van der Waals surface area contributed by atoms with Crippen molar-refractivity contribution < 1.29 is 5.11 Å². The predicted molar refractivity (Wildman–Crippen MR) is 79.5 cm³/mol. The zero-order valence-corrected chi connectivity index (χ0v) is 12.7. The minimum Gasteiger partial charge on any atom is -0.395 e. The Hall–Kier alpha value is -0.420. The Kier molecular flexibility index (Phi) is 6.86. The molecule has 0 saturated heterocycles. The first-order valence-electron chi connectivity index (χ1n) is 6.46. The summed E-state index contributed by atoms with van der Waals surface area (Å²) in [6.07, 6.45) is 1.05. The van der Waals surface area contributed by atoms with Gasteiger partial charge in [-0.1, -0.05) is 41.1 Å². The van der Waals surface area contributed by atoms with Gasteiger partial charge in [0.25, 0.3) is 0 Å². The summed E-state index contributed by atoms with van der Waals surface area (Å²) in [7, 11) is 0. The van der Waals surface area contributed by atoms with Crippen LogP contribution in [0, 0.1) is 0 Å². The van der Waals surface area contributed by atoms with E-state index in [2.05, 4.69) is 33.8 Å². The molecule has 2 unspecified atom stereocenters. The van der Waals surface area contributed by atoms with E-state index in [1.807, 2.05) is 25.1 Å². The van der Waals surface area contributed by atoms with E-state index in [1.165, 1.54) is 5.56 Å². The van der Waals surface area contributed by atoms with Gasteiger partial charge in [0.05, 0.1) is 12.6 Å². The molecule has 0 aliphatic carbocycles. The number of hydrogen-bond donors (Lipinski definition) is 2. The minimum absolute atomic E-state index is 0.0156. The molecule has 0 aliphatic heterocycles. The Labute approximate surface area is 118 Å². The van der Waals surface area contributed by atoms with Crippen molar-refractivity contribution in [2.24, 2.45) is 5.73 Å². The standard InChI is InChI=1S/C14H23BrN2O/c1-3-8-17(9-10-18)14(11(2)16)12-6-4-5-7-13(12)15/h4-7,11,14,18H,3,8-10,16H2,1-2H3. The van der Waals surface area contributed by atoms with Crippen LogP contribution in [0.1, 0.15) is 31.9 Å². The highest BCUT2D eigenvalue weighted by Crippen LogP contribution is 2.29. The van der Waals surface area contributed by atoms with Gasteiger partial charge in [-0.3, -0.25) is 4.90 Å². The lowest BCUT2D eigenvalue weighted by Gasteiger charge is -2.34. The van der Waals surface area contributed by atoms with Crippen LogP contribution >= 0.6 is 15.9 Å². The maximum atomic E-state index is 9.22. The molecule has 3 nitrogen and oxygen atoms in total. The summed E-state index contributed by atoms with van der Waals surface area (Å²) >= 11 is 3.59. The highest BCUT2D eigenvalue weighted by molar-refractivity contribution is 9.10. The van der Waals surface area contributed by atoms with Gasteiger partial charge in [0, 0.05) is 17.1 Å². The smallest absolute Gasteiger partial charge is 0.0558 e. The van der Waals surface area contributed by atoms with Crippen molar-refractivity contribution in [2.45, 2.75) is 32.4 Å². The topological polar surface area (TPSA) is 49.5 Å². The van der Waals surface area contributed by atoms with E-state index in [0.29, 0.717) is 6.54 Å². The quantitative estimate of drug-likeness (QED) is 0.813. The molecule has 1 aromatic carbocycles. The summed E-state index contributed by atoms with van der Waals surface area (Å²) in [5.41, 5.74) is 7.34. The van der Waals surface area contributed by atoms with Crippen molar-refractivity contribution >= 4 is 15.9 Å². The fourth-order valence-electron chi connectivity index (χ4n) is 2.33. The SMILES string of the molecule is CCCN(CCO)C(c1ccccc1Br)C(C)N. The van der Waals surface area contributed by atoms with Gasteiger partial charge < -0.3 is 10.8 Å². The highest BCUT2D eigenvalue weighted by atomic mass is 79.9. The van der Waals surface area contributed by atoms with Crippen LogP contribution in [-0.2, 0) is 0 Å². The second-order valence-corrected chi connectivity index (χ2v) is 5.44. The molecule has 0 radical (unpaired) electrons. The maximum absolute atomic E-state index is 9.22. The lowest BCUT2D eigenvalue weighted by Crippen LogP contribution is -2.41. The second kappa shape index (κ2) is 7.89. The van der Waals surface area contributed by atoms with E-state index in [4.69, 9.17) is 5.73 Å². The molecule has 3 N–H and O–H groups in total. The third-order valence-electron chi connectivity index (χ3n) is 3.01. The number of aliphatic hydroxyl groups excluding tert-OH is 1. The van der Waals surface area contributed by atoms with Crippen LogP contribution in [0.15, 0.2) is 28.7 Å². The molecule has 1 rings (SSSR count). The number of nitrogens with two attached hydrogens (primary N) is 1. The molecule has 0 aromatic heterocycles. The highest BCUT2D eigenvalue weighted by Gasteiger charge is 2.24. The number of aliphatic hydroxyl groups is 1. The molecular formula is C14H23BrN2O. The molecule has 18 heavy (non-hydrogen) atoms. The monoisotopic (exact) mass is 314 g/mol. The Morgan fingerprint density at radius 2 is 2.00 bits per heavy atom. The van der Waals surface area contributed by atoms with Crippen molar-refractivity contribution in [1.29, 1.82) is 0 Å². The van der Waals surface area contributed by atoms with Crippen LogP contribution in [0.5, 0.6) is 0 Å². The van der Waals surface area contributed by atoms with Crippen LogP contribution in [0.4, 0.5) is 0 Å². The average molecular weight is 315 g/mol. The zero-order valence-electron chi connectivity index (χ0n) is 11.1. The fraction of sp³-hybridized carbons (Fsp3) is 0.571. The molecule has 2 atom stereocenters. The Morgan fingerprint density at radius 1 is 1.33 bits per heavy atom. The van der Waals surface area contributed by atoms with Crippen molar-refractivity contribution in [3.05, 3.63) is 34.3 Å². The van der Waals surface area contributed by atoms with Gasteiger partial charge in [0.1, 0.15) is 0 Å². The first-order chi connectivity index (χ1) is 8.61. The lowest BCUT2D eigenvalue weighted by atomic mass is 9.99. The summed E-state index contributed by atoms with van der Waals surface area (Å²) < 4.78 is 1.08. The predicted octanol–water partition coefficient (Wildman–Crippen LogP) is 2.54. The molecule has 4 heteroatoms. The van der Waals surface area contributed by atoms with Gasteiger partial charge in [0.15, 0.2) is 0 Å². The molecule has 0 aliphatic rings. The van der Waals surface area contributed by atoms with Crippen LogP contribution in [0.25, 0.3) is 0 Å². The number of hydrogen-bond acceptors (Lipinski definition) is 3. The molecule has 0 saturated carbocycles. The van der Waals surface area contributed by atoms with E-state index in [-0.39, 0.29) is 18.7 Å². The Bertz CT molecular complexity index is 351. The van der Waals surface area contributed by atoms with E-state index in [0.717, 1.165) is 17.4 Å². The first-order valence-corrected chi connectivity index (χ1v) is 7.26. The van der Waals surface area contributed by atoms with Gasteiger partial charge in [0.2, 0.25) is 0 Å². The molecule has 102 valence electrons. The number of benzene rings is 1. The summed E-state index contributed by atoms with van der Waals surface area (Å²) in [4.78, 5) is 2.25. The van der Waals surface area contributed by atoms with Gasteiger partial charge in [-0.05, 0) is 31.5 Å². The third kappa shape index (κ3) is 4.05. The van der Waals surface area contributed by atoms with Crippen LogP contribution in [0.3, 0.4) is 0 Å². The lowest BCUT2D eigenvalue weighted by molar-refractivity contribution is 0.136. The summed E-state index contributed by atoms with van der Waals surface area (Å²) in [6, 6.07) is 8.31. The van der Waals surface area contributed by atoms with Crippen LogP contribution < -0.4 is 5.73 Å². The minimum atomic E-state index is 0.0156. The van der Waals surface area contributed by atoms with Crippen molar-refractivity contribution in [2.75, 3.05) is 19.7 Å². The van der Waals surface area contributed by atoms with Crippen molar-refractivity contribution in [3.63, 3.8) is 0 Å². The van der Waals surface area contributed by atoms with Gasteiger partial charge in [-0.25, -0.2) is 0 Å². The normalized spacial score (nSPS) is 14.8. The molecule has 0 bridgehead atoms. The molecule has 1 aromatic rings. The number of nitrogens with zero attached hydrogens (tertiary/aromatic N) is 1. The van der Waals surface area contributed by atoms with Crippen LogP contribution in [0.2, 0.25) is 0 Å². The molecule has 0 fully saturated rings. The number of halogens is 1. The van der Waals surface area contributed by atoms with Crippen molar-refractivity contribution in [3.8, 4) is 0 Å². The fourth-order valence-corrected chi connectivity index (χ4v) is 2.85.